The Hall–Kier alpha value is -5.60. The van der Waals surface area contributed by atoms with Crippen LogP contribution in [0.15, 0.2) is 146 Å². The van der Waals surface area contributed by atoms with Gasteiger partial charge in [0.15, 0.2) is 0 Å². The molecule has 0 unspecified atom stereocenters. The minimum atomic E-state index is 1.07. The summed E-state index contributed by atoms with van der Waals surface area (Å²) < 4.78 is 0. The van der Waals surface area contributed by atoms with E-state index in [0.29, 0.717) is 0 Å². The van der Waals surface area contributed by atoms with Crippen molar-refractivity contribution < 1.29 is 0 Å². The molecule has 2 nitrogen and oxygen atoms in total. The molecule has 0 aliphatic rings. The van der Waals surface area contributed by atoms with E-state index in [1.54, 1.807) is 0 Å². The van der Waals surface area contributed by atoms with Gasteiger partial charge in [0.25, 0.3) is 0 Å². The number of rotatable bonds is 9. The molecule has 0 fully saturated rings. The summed E-state index contributed by atoms with van der Waals surface area (Å²) in [6.07, 6.45) is 8.77. The van der Waals surface area contributed by atoms with E-state index in [4.69, 9.17) is 0 Å². The van der Waals surface area contributed by atoms with E-state index in [0.717, 1.165) is 33.9 Å². The van der Waals surface area contributed by atoms with Crippen LogP contribution in [0.2, 0.25) is 0 Å². The quantitative estimate of drug-likeness (QED) is 0.170. The van der Waals surface area contributed by atoms with Crippen molar-refractivity contribution in [3.05, 3.63) is 179 Å². The summed E-state index contributed by atoms with van der Waals surface area (Å²) >= 11 is 0. The van der Waals surface area contributed by atoms with Crippen molar-refractivity contribution in [1.82, 2.24) is 0 Å². The van der Waals surface area contributed by atoms with Gasteiger partial charge in [-0.25, -0.2) is 0 Å². The smallest absolute Gasteiger partial charge is 0.0384 e. The number of hydrogen-bond acceptors (Lipinski definition) is 2. The van der Waals surface area contributed by atoms with Crippen molar-refractivity contribution in [2.75, 3.05) is 10.6 Å². The van der Waals surface area contributed by atoms with Crippen LogP contribution in [0.3, 0.4) is 0 Å². The standard InChI is InChI=1S/C42H36N2/c1-31-8-22-39(23-9-31)43-41-26-14-33(15-27-41)12-18-36-20-21-38(35-6-4-3-5-7-35)30-37(36)19-13-34-16-28-42(29-17-34)44-40-24-10-32(2)11-25-40/h3-30,43-44H,1-2H3. The van der Waals surface area contributed by atoms with Crippen molar-refractivity contribution in [3.8, 4) is 11.1 Å². The highest BCUT2D eigenvalue weighted by Gasteiger charge is 2.03. The number of nitrogens with one attached hydrogen (secondary N) is 2. The minimum absolute atomic E-state index is 1.07. The molecule has 214 valence electrons. The summed E-state index contributed by atoms with van der Waals surface area (Å²) in [5.41, 5.74) is 13.9. The minimum Gasteiger partial charge on any atom is -0.356 e. The van der Waals surface area contributed by atoms with Gasteiger partial charge in [-0.05, 0) is 102 Å². The summed E-state index contributed by atoms with van der Waals surface area (Å²) in [5, 5.41) is 6.95. The fourth-order valence-electron chi connectivity index (χ4n) is 5.02. The topological polar surface area (TPSA) is 24.1 Å². The van der Waals surface area contributed by atoms with Crippen LogP contribution in [0.25, 0.3) is 35.4 Å². The van der Waals surface area contributed by atoms with E-state index in [9.17, 15) is 0 Å². The van der Waals surface area contributed by atoms with Crippen molar-refractivity contribution in [2.24, 2.45) is 0 Å². The zero-order valence-corrected chi connectivity index (χ0v) is 25.2. The fraction of sp³-hybridized carbons (Fsp3) is 0.0476. The van der Waals surface area contributed by atoms with Gasteiger partial charge in [0.1, 0.15) is 0 Å². The van der Waals surface area contributed by atoms with Gasteiger partial charge in [0, 0.05) is 22.7 Å². The molecule has 0 radical (unpaired) electrons. The molecule has 0 amide bonds. The van der Waals surface area contributed by atoms with E-state index < -0.39 is 0 Å². The SMILES string of the molecule is Cc1ccc(Nc2ccc(C=Cc3ccc(-c4ccccc4)cc3C=Cc3ccc(Nc4ccc(C)cc4)cc3)cc2)cc1. The monoisotopic (exact) mass is 568 g/mol. The molecule has 2 N–H and O–H groups in total. The molecule has 0 aliphatic carbocycles. The average Bonchev–Trinajstić information content (AvgIpc) is 3.07. The molecule has 0 spiro atoms. The maximum atomic E-state index is 3.48. The summed E-state index contributed by atoms with van der Waals surface area (Å²) in [6.45, 7) is 4.20. The van der Waals surface area contributed by atoms with Crippen LogP contribution in [0.4, 0.5) is 22.7 Å². The lowest BCUT2D eigenvalue weighted by Crippen LogP contribution is -1.90. The number of anilines is 4. The molecule has 2 heteroatoms. The van der Waals surface area contributed by atoms with E-state index in [1.807, 2.05) is 0 Å². The van der Waals surface area contributed by atoms with E-state index in [2.05, 4.69) is 194 Å². The molecule has 44 heavy (non-hydrogen) atoms. The molecule has 0 atom stereocenters. The predicted octanol–water partition coefficient (Wildman–Crippen LogP) is 11.8. The van der Waals surface area contributed by atoms with Gasteiger partial charge in [-0.1, -0.05) is 126 Å². The summed E-state index contributed by atoms with van der Waals surface area (Å²) in [4.78, 5) is 0. The summed E-state index contributed by atoms with van der Waals surface area (Å²) in [6, 6.07) is 51.2. The highest BCUT2D eigenvalue weighted by molar-refractivity contribution is 5.83. The molecular weight excluding hydrogens is 532 g/mol. The van der Waals surface area contributed by atoms with Gasteiger partial charge in [-0.2, -0.15) is 0 Å². The normalized spacial score (nSPS) is 11.2. The fourth-order valence-corrected chi connectivity index (χ4v) is 5.02. The molecule has 0 heterocycles. The Morgan fingerprint density at radius 3 is 1.27 bits per heavy atom. The van der Waals surface area contributed by atoms with Crippen molar-refractivity contribution in [3.63, 3.8) is 0 Å². The molecule has 0 saturated carbocycles. The summed E-state index contributed by atoms with van der Waals surface area (Å²) in [5.74, 6) is 0. The van der Waals surface area contributed by atoms with E-state index in [1.165, 1.54) is 33.4 Å². The first kappa shape index (κ1) is 28.5. The Morgan fingerprint density at radius 2 is 0.795 bits per heavy atom. The van der Waals surface area contributed by atoms with Crippen LogP contribution in [0.5, 0.6) is 0 Å². The Bertz CT molecular complexity index is 1860. The third-order valence-electron chi connectivity index (χ3n) is 7.61. The van der Waals surface area contributed by atoms with Crippen molar-refractivity contribution in [1.29, 1.82) is 0 Å². The zero-order chi connectivity index (χ0) is 30.1. The Labute approximate surface area is 261 Å². The van der Waals surface area contributed by atoms with Crippen molar-refractivity contribution in [2.45, 2.75) is 13.8 Å². The maximum absolute atomic E-state index is 3.48. The average molecular weight is 569 g/mol. The Balaban J connectivity index is 1.21. The van der Waals surface area contributed by atoms with E-state index in [-0.39, 0.29) is 0 Å². The molecule has 0 bridgehead atoms. The third kappa shape index (κ3) is 7.61. The number of hydrogen-bond donors (Lipinski definition) is 2. The van der Waals surface area contributed by atoms with Crippen LogP contribution < -0.4 is 10.6 Å². The van der Waals surface area contributed by atoms with Crippen LogP contribution in [0, 0.1) is 13.8 Å². The van der Waals surface area contributed by atoms with Gasteiger partial charge in [0.2, 0.25) is 0 Å². The Kier molecular flexibility index (Phi) is 8.80. The highest BCUT2D eigenvalue weighted by atomic mass is 14.9. The van der Waals surface area contributed by atoms with Crippen LogP contribution in [-0.2, 0) is 0 Å². The molecule has 6 rings (SSSR count). The van der Waals surface area contributed by atoms with Crippen molar-refractivity contribution >= 4 is 47.1 Å². The molecule has 6 aromatic carbocycles. The molecule has 0 aliphatic heterocycles. The largest absolute Gasteiger partial charge is 0.356 e. The van der Waals surface area contributed by atoms with Crippen LogP contribution in [-0.4, -0.2) is 0 Å². The Morgan fingerprint density at radius 1 is 0.364 bits per heavy atom. The molecule has 0 saturated heterocycles. The summed E-state index contributed by atoms with van der Waals surface area (Å²) in [7, 11) is 0. The second-order valence-corrected chi connectivity index (χ2v) is 11.1. The second kappa shape index (κ2) is 13.6. The van der Waals surface area contributed by atoms with Gasteiger partial charge in [-0.3, -0.25) is 0 Å². The van der Waals surface area contributed by atoms with Gasteiger partial charge >= 0.3 is 0 Å². The maximum Gasteiger partial charge on any atom is 0.0384 e. The first-order valence-electron chi connectivity index (χ1n) is 15.0. The molecule has 0 aromatic heterocycles. The van der Waals surface area contributed by atoms with Gasteiger partial charge in [0.05, 0.1) is 0 Å². The first-order valence-corrected chi connectivity index (χ1v) is 15.0. The van der Waals surface area contributed by atoms with Gasteiger partial charge in [-0.15, -0.1) is 0 Å². The lowest BCUT2D eigenvalue weighted by atomic mass is 9.97. The van der Waals surface area contributed by atoms with Gasteiger partial charge < -0.3 is 10.6 Å². The van der Waals surface area contributed by atoms with E-state index >= 15 is 0 Å². The highest BCUT2D eigenvalue weighted by Crippen LogP contribution is 2.26. The molecule has 6 aromatic rings. The van der Waals surface area contributed by atoms with Crippen LogP contribution >= 0.6 is 0 Å². The van der Waals surface area contributed by atoms with Crippen LogP contribution in [0.1, 0.15) is 33.4 Å². The first-order chi connectivity index (χ1) is 21.6. The molecular formula is C42H36N2. The number of benzene rings is 6. The third-order valence-corrected chi connectivity index (χ3v) is 7.61. The lowest BCUT2D eigenvalue weighted by Gasteiger charge is -2.09. The second-order valence-electron chi connectivity index (χ2n) is 11.1. The predicted molar refractivity (Wildman–Crippen MR) is 192 cm³/mol. The number of aryl methyl sites for hydroxylation is 2. The lowest BCUT2D eigenvalue weighted by molar-refractivity contribution is 1.45. The zero-order valence-electron chi connectivity index (χ0n) is 25.2.